The molecule has 1 unspecified atom stereocenters. The fourth-order valence-electron chi connectivity index (χ4n) is 4.06. The Labute approximate surface area is 189 Å². The highest BCUT2D eigenvalue weighted by atomic mass is 16.5. The second-order valence-electron chi connectivity index (χ2n) is 8.00. The molecular formula is C24H32N6O2. The third-order valence-corrected chi connectivity index (χ3v) is 5.75. The molecule has 1 saturated heterocycles. The highest BCUT2D eigenvalue weighted by Gasteiger charge is 2.23. The van der Waals surface area contributed by atoms with Crippen molar-refractivity contribution in [2.75, 3.05) is 50.7 Å². The number of carbonyl (C=O) groups excluding carboxylic acids is 1. The van der Waals surface area contributed by atoms with E-state index in [1.54, 1.807) is 6.20 Å². The molecule has 8 heteroatoms. The number of hydrogen-bond donors (Lipinski definition) is 2. The van der Waals surface area contributed by atoms with E-state index in [9.17, 15) is 4.79 Å². The topological polar surface area (TPSA) is 82.1 Å². The first-order valence-electron chi connectivity index (χ1n) is 11.4. The van der Waals surface area contributed by atoms with Crippen LogP contribution in [-0.2, 0) is 11.2 Å². The maximum absolute atomic E-state index is 12.6. The van der Waals surface area contributed by atoms with E-state index in [0.717, 1.165) is 56.7 Å². The maximum atomic E-state index is 12.6. The highest BCUT2D eigenvalue weighted by molar-refractivity contribution is 5.81. The maximum Gasteiger partial charge on any atom is 0.224 e. The van der Waals surface area contributed by atoms with Gasteiger partial charge in [0, 0.05) is 58.3 Å². The van der Waals surface area contributed by atoms with Gasteiger partial charge in [-0.3, -0.25) is 4.79 Å². The molecule has 32 heavy (non-hydrogen) atoms. The van der Waals surface area contributed by atoms with Crippen LogP contribution in [-0.4, -0.2) is 73.7 Å². The lowest BCUT2D eigenvalue weighted by molar-refractivity contribution is -0.131. The number of rotatable bonds is 7. The summed E-state index contributed by atoms with van der Waals surface area (Å²) in [5, 5.41) is 6.54. The summed E-state index contributed by atoms with van der Waals surface area (Å²) in [5.74, 6) is 2.82. The number of nitrogens with zero attached hydrogens (tertiary/aromatic N) is 4. The highest BCUT2D eigenvalue weighted by Crippen LogP contribution is 2.28. The van der Waals surface area contributed by atoms with Crippen LogP contribution >= 0.6 is 0 Å². The van der Waals surface area contributed by atoms with Crippen LogP contribution in [0.2, 0.25) is 0 Å². The Kier molecular flexibility index (Phi) is 7.42. The Bertz CT molecular complexity index is 887. The third kappa shape index (κ3) is 5.69. The predicted octanol–water partition coefficient (Wildman–Crippen LogP) is 1.68. The molecule has 1 amide bonds. The SMILES string of the molecule is CCNC(=NCC1Cc2ccccc2O1)NCCC(=O)N1CCN(c2ccccn2)CC1. The number of amides is 1. The van der Waals surface area contributed by atoms with Crippen molar-refractivity contribution < 1.29 is 9.53 Å². The van der Waals surface area contributed by atoms with Crippen LogP contribution in [0.4, 0.5) is 5.82 Å². The van der Waals surface area contributed by atoms with Crippen LogP contribution in [0.15, 0.2) is 53.7 Å². The van der Waals surface area contributed by atoms with Gasteiger partial charge < -0.3 is 25.2 Å². The molecule has 8 nitrogen and oxygen atoms in total. The number of pyridine rings is 1. The fraction of sp³-hybridized carbons (Fsp3) is 0.458. The standard InChI is InChI=1S/C24H32N6O2/c1-2-25-24(28-18-20-17-19-7-3-4-8-21(19)32-20)27-12-10-23(31)30-15-13-29(14-16-30)22-9-5-6-11-26-22/h3-9,11,20H,2,10,12-18H2,1H3,(H2,25,27,28). The van der Waals surface area contributed by atoms with Gasteiger partial charge in [0.2, 0.25) is 5.91 Å². The Hall–Kier alpha value is -3.29. The van der Waals surface area contributed by atoms with Gasteiger partial charge in [0.15, 0.2) is 5.96 Å². The van der Waals surface area contributed by atoms with Crippen LogP contribution in [0.25, 0.3) is 0 Å². The van der Waals surface area contributed by atoms with Gasteiger partial charge in [-0.05, 0) is 30.7 Å². The largest absolute Gasteiger partial charge is 0.488 e. The molecular weight excluding hydrogens is 404 g/mol. The number of piperazine rings is 1. The molecule has 3 heterocycles. The Morgan fingerprint density at radius 3 is 2.69 bits per heavy atom. The van der Waals surface area contributed by atoms with E-state index in [4.69, 9.17) is 4.74 Å². The van der Waals surface area contributed by atoms with Gasteiger partial charge in [0.25, 0.3) is 0 Å². The second-order valence-corrected chi connectivity index (χ2v) is 8.00. The van der Waals surface area contributed by atoms with Crippen molar-refractivity contribution in [1.29, 1.82) is 0 Å². The Morgan fingerprint density at radius 2 is 1.94 bits per heavy atom. The van der Waals surface area contributed by atoms with E-state index in [0.29, 0.717) is 19.5 Å². The minimum atomic E-state index is 0.0555. The number of ether oxygens (including phenoxy) is 1. The predicted molar refractivity (Wildman–Crippen MR) is 126 cm³/mol. The van der Waals surface area contributed by atoms with Gasteiger partial charge in [0.1, 0.15) is 17.7 Å². The number of para-hydroxylation sites is 1. The number of nitrogens with one attached hydrogen (secondary N) is 2. The summed E-state index contributed by atoms with van der Waals surface area (Å²) in [6.07, 6.45) is 3.18. The minimum absolute atomic E-state index is 0.0555. The summed E-state index contributed by atoms with van der Waals surface area (Å²) in [6, 6.07) is 14.1. The molecule has 0 bridgehead atoms. The number of aliphatic imine (C=N–C) groups is 1. The van der Waals surface area contributed by atoms with E-state index < -0.39 is 0 Å². The van der Waals surface area contributed by atoms with E-state index in [1.807, 2.05) is 48.2 Å². The summed E-state index contributed by atoms with van der Waals surface area (Å²) in [5.41, 5.74) is 1.24. The van der Waals surface area contributed by atoms with Crippen molar-refractivity contribution in [1.82, 2.24) is 20.5 Å². The Morgan fingerprint density at radius 1 is 1.12 bits per heavy atom. The number of fused-ring (bicyclic) bond motifs is 1. The number of aromatic nitrogens is 1. The molecule has 1 aromatic heterocycles. The quantitative estimate of drug-likeness (QED) is 0.508. The monoisotopic (exact) mass is 436 g/mol. The fourth-order valence-corrected chi connectivity index (χ4v) is 4.06. The lowest BCUT2D eigenvalue weighted by atomic mass is 10.1. The molecule has 170 valence electrons. The van der Waals surface area contributed by atoms with Gasteiger partial charge in [0.05, 0.1) is 6.54 Å². The zero-order valence-corrected chi connectivity index (χ0v) is 18.7. The molecule has 4 rings (SSSR count). The lowest BCUT2D eigenvalue weighted by Crippen LogP contribution is -2.49. The summed E-state index contributed by atoms with van der Waals surface area (Å²) < 4.78 is 5.97. The van der Waals surface area contributed by atoms with Crippen molar-refractivity contribution >= 4 is 17.7 Å². The molecule has 0 saturated carbocycles. The first-order chi connectivity index (χ1) is 15.7. The Balaban J connectivity index is 1.19. The first kappa shape index (κ1) is 21.9. The smallest absolute Gasteiger partial charge is 0.224 e. The van der Waals surface area contributed by atoms with Gasteiger partial charge >= 0.3 is 0 Å². The van der Waals surface area contributed by atoms with Crippen molar-refractivity contribution in [2.24, 2.45) is 4.99 Å². The average molecular weight is 437 g/mol. The van der Waals surface area contributed by atoms with E-state index in [1.165, 1.54) is 5.56 Å². The van der Waals surface area contributed by atoms with E-state index >= 15 is 0 Å². The zero-order chi connectivity index (χ0) is 22.2. The average Bonchev–Trinajstić information content (AvgIpc) is 3.26. The summed E-state index contributed by atoms with van der Waals surface area (Å²) >= 11 is 0. The van der Waals surface area contributed by atoms with Gasteiger partial charge in [-0.2, -0.15) is 0 Å². The zero-order valence-electron chi connectivity index (χ0n) is 18.7. The minimum Gasteiger partial charge on any atom is -0.488 e. The van der Waals surface area contributed by atoms with Crippen molar-refractivity contribution in [3.05, 3.63) is 54.2 Å². The number of benzene rings is 1. The van der Waals surface area contributed by atoms with Crippen LogP contribution in [0.1, 0.15) is 18.9 Å². The molecule has 0 radical (unpaired) electrons. The molecule has 2 aliphatic heterocycles. The van der Waals surface area contributed by atoms with Gasteiger partial charge in [-0.1, -0.05) is 24.3 Å². The number of hydrogen-bond acceptors (Lipinski definition) is 5. The van der Waals surface area contributed by atoms with Crippen molar-refractivity contribution in [3.63, 3.8) is 0 Å². The van der Waals surface area contributed by atoms with E-state index in [2.05, 4.69) is 31.6 Å². The lowest BCUT2D eigenvalue weighted by Gasteiger charge is -2.35. The number of guanidine groups is 1. The molecule has 0 aliphatic carbocycles. The number of anilines is 1. The van der Waals surface area contributed by atoms with Crippen LogP contribution in [0.5, 0.6) is 5.75 Å². The summed E-state index contributed by atoms with van der Waals surface area (Å²) in [7, 11) is 0. The summed E-state index contributed by atoms with van der Waals surface area (Å²) in [6.45, 7) is 7.00. The molecule has 1 aromatic carbocycles. The van der Waals surface area contributed by atoms with E-state index in [-0.39, 0.29) is 12.0 Å². The molecule has 2 aromatic rings. The molecule has 1 fully saturated rings. The van der Waals surface area contributed by atoms with Crippen LogP contribution < -0.4 is 20.3 Å². The molecule has 2 N–H and O–H groups in total. The van der Waals surface area contributed by atoms with Crippen molar-refractivity contribution in [3.8, 4) is 5.75 Å². The van der Waals surface area contributed by atoms with Crippen molar-refractivity contribution in [2.45, 2.75) is 25.9 Å². The first-order valence-corrected chi connectivity index (χ1v) is 11.4. The third-order valence-electron chi connectivity index (χ3n) is 5.75. The molecule has 2 aliphatic rings. The van der Waals surface area contributed by atoms with Crippen LogP contribution in [0, 0.1) is 0 Å². The van der Waals surface area contributed by atoms with Crippen LogP contribution in [0.3, 0.4) is 0 Å². The second kappa shape index (κ2) is 10.8. The number of carbonyl (C=O) groups is 1. The molecule has 1 atom stereocenters. The normalized spacial score (nSPS) is 18.2. The molecule has 0 spiro atoms. The van der Waals surface area contributed by atoms with Gasteiger partial charge in [-0.25, -0.2) is 9.98 Å². The summed E-state index contributed by atoms with van der Waals surface area (Å²) in [4.78, 5) is 25.9. The van der Waals surface area contributed by atoms with Gasteiger partial charge in [-0.15, -0.1) is 0 Å².